The molecule has 54 heavy (non-hydrogen) atoms. The lowest BCUT2D eigenvalue weighted by molar-refractivity contribution is -0.140. The quantitative estimate of drug-likeness (QED) is 0.104. The number of nitrogens with zero attached hydrogens (tertiary/aromatic N) is 2. The fourth-order valence-electron chi connectivity index (χ4n) is 7.42. The summed E-state index contributed by atoms with van der Waals surface area (Å²) < 4.78 is 0. The fourth-order valence-corrected chi connectivity index (χ4v) is 7.42. The van der Waals surface area contributed by atoms with Gasteiger partial charge in [-0.15, -0.1) is 0 Å². The van der Waals surface area contributed by atoms with E-state index < -0.39 is 24.1 Å². The van der Waals surface area contributed by atoms with Crippen LogP contribution in [0.25, 0.3) is 11.1 Å². The molecule has 0 aliphatic carbocycles. The van der Waals surface area contributed by atoms with E-state index in [9.17, 15) is 29.4 Å². The lowest BCUT2D eigenvalue weighted by Gasteiger charge is -2.21. The number of aliphatic hydroxyl groups excluding tert-OH is 2. The molecule has 2 aliphatic heterocycles. The van der Waals surface area contributed by atoms with Crippen molar-refractivity contribution in [3.63, 3.8) is 0 Å². The zero-order valence-electron chi connectivity index (χ0n) is 30.5. The summed E-state index contributed by atoms with van der Waals surface area (Å²) in [7, 11) is 0. The lowest BCUT2D eigenvalue weighted by Crippen LogP contribution is -2.30. The van der Waals surface area contributed by atoms with Crippen LogP contribution in [-0.2, 0) is 35.5 Å². The zero-order chi connectivity index (χ0) is 38.5. The Morgan fingerprint density at radius 1 is 0.630 bits per heavy atom. The average Bonchev–Trinajstić information content (AvgIpc) is 3.77. The topological polar surface area (TPSA) is 180 Å². The van der Waals surface area contributed by atoms with Gasteiger partial charge in [0.25, 0.3) is 11.8 Å². The molecule has 0 fully saturated rings. The summed E-state index contributed by atoms with van der Waals surface area (Å²) >= 11 is 0. The number of amides is 2. The van der Waals surface area contributed by atoms with E-state index in [4.69, 9.17) is 10.2 Å². The fraction of sp³-hybridized carbons (Fsp3) is 0.333. The summed E-state index contributed by atoms with van der Waals surface area (Å²) in [5.41, 5.74) is 10.5. The van der Waals surface area contributed by atoms with Crippen LogP contribution >= 0.6 is 0 Å². The number of anilines is 2. The molecule has 0 aromatic heterocycles. The van der Waals surface area contributed by atoms with E-state index in [1.165, 1.54) is 0 Å². The summed E-state index contributed by atoms with van der Waals surface area (Å²) in [4.78, 5) is 53.5. The highest BCUT2D eigenvalue weighted by molar-refractivity contribution is 6.10. The van der Waals surface area contributed by atoms with Crippen molar-refractivity contribution in [2.24, 2.45) is 0 Å². The number of aliphatic carboxylic acids is 2. The van der Waals surface area contributed by atoms with Gasteiger partial charge in [0.2, 0.25) is 0 Å². The molecular weight excluding hydrogens is 688 g/mol. The Morgan fingerprint density at radius 3 is 1.43 bits per heavy atom. The van der Waals surface area contributed by atoms with Gasteiger partial charge < -0.3 is 40.9 Å². The Kier molecular flexibility index (Phi) is 11.9. The number of carbonyl (C=O) groups excluding carboxylic acids is 2. The van der Waals surface area contributed by atoms with E-state index in [0.717, 1.165) is 55.9 Å². The summed E-state index contributed by atoms with van der Waals surface area (Å²) in [5.74, 6) is -2.33. The number of benzene rings is 4. The third-order valence-corrected chi connectivity index (χ3v) is 10.1. The van der Waals surface area contributed by atoms with E-state index in [1.54, 1.807) is 0 Å². The molecule has 0 saturated carbocycles. The summed E-state index contributed by atoms with van der Waals surface area (Å²) in [6.45, 7) is 5.85. The Balaban J connectivity index is 1.19. The van der Waals surface area contributed by atoms with Crippen molar-refractivity contribution < 1.29 is 39.6 Å². The molecule has 12 nitrogen and oxygen atoms in total. The first kappa shape index (κ1) is 38.3. The first-order valence-electron chi connectivity index (χ1n) is 18.2. The molecular formula is C42H46N4O8. The summed E-state index contributed by atoms with van der Waals surface area (Å²) in [6.07, 6.45) is -1.34. The van der Waals surface area contributed by atoms with Gasteiger partial charge in [0.05, 0.1) is 25.0 Å². The molecule has 6 rings (SSSR count). The molecule has 0 bridgehead atoms. The van der Waals surface area contributed by atoms with E-state index in [2.05, 4.69) is 22.8 Å². The molecule has 4 aromatic carbocycles. The summed E-state index contributed by atoms with van der Waals surface area (Å²) in [6, 6.07) is 23.4. The minimum atomic E-state index is -1.06. The third kappa shape index (κ3) is 8.53. The van der Waals surface area contributed by atoms with Crippen molar-refractivity contribution in [2.45, 2.75) is 64.8 Å². The number of carboxylic acids is 2. The van der Waals surface area contributed by atoms with E-state index in [1.807, 2.05) is 84.3 Å². The molecule has 6 N–H and O–H groups in total. The predicted octanol–water partition coefficient (Wildman–Crippen LogP) is 4.23. The van der Waals surface area contributed by atoms with Gasteiger partial charge in [-0.3, -0.25) is 19.2 Å². The maximum Gasteiger partial charge on any atom is 0.306 e. The number of nitrogens with one attached hydrogen (secondary N) is 2. The highest BCUT2D eigenvalue weighted by Crippen LogP contribution is 2.42. The Bertz CT molecular complexity index is 1930. The molecule has 0 spiro atoms. The van der Waals surface area contributed by atoms with Gasteiger partial charge in [-0.1, -0.05) is 48.5 Å². The minimum Gasteiger partial charge on any atom is -0.481 e. The van der Waals surface area contributed by atoms with Gasteiger partial charge in [0, 0.05) is 61.8 Å². The maximum atomic E-state index is 14.1. The highest BCUT2D eigenvalue weighted by Gasteiger charge is 2.32. The van der Waals surface area contributed by atoms with Gasteiger partial charge in [0.1, 0.15) is 0 Å². The standard InChI is InChI=1S/C42H46N4O8/c1-25-9-11-27(21-43-23-29(47)19-39(49)50)17-35(25)41(53)45-15-13-33-31(5-3-7-37(33)45)32-6-4-8-38-34(32)14-16-46(38)42(54)36-18-28(12-10-26(36)2)22-44-24-30(48)20-40(51)52/h3-12,17-18,29-30,43-44,47-48H,13-16,19-24H2,1-2H3,(H,49,50)(H,51,52)/t29-,30-/m0/s1. The van der Waals surface area contributed by atoms with Crippen molar-refractivity contribution in [2.75, 3.05) is 36.0 Å². The molecule has 4 aromatic rings. The smallest absolute Gasteiger partial charge is 0.306 e. The zero-order valence-corrected chi connectivity index (χ0v) is 30.5. The Labute approximate surface area is 314 Å². The van der Waals surface area contributed by atoms with Gasteiger partial charge in [-0.25, -0.2) is 0 Å². The maximum absolute atomic E-state index is 14.1. The van der Waals surface area contributed by atoms with Crippen molar-refractivity contribution in [1.82, 2.24) is 10.6 Å². The van der Waals surface area contributed by atoms with Crippen LogP contribution in [0.1, 0.15) is 66.9 Å². The van der Waals surface area contributed by atoms with Gasteiger partial charge >= 0.3 is 11.9 Å². The SMILES string of the molecule is Cc1ccc(CNC[C@@H](O)CC(=O)O)cc1C(=O)N1CCc2c(-c3cccc4c3CCN4C(=O)c3cc(CNC[C@@H](O)CC(=O)O)ccc3C)cccc21. The molecule has 0 radical (unpaired) electrons. The number of hydrogen-bond donors (Lipinski definition) is 6. The van der Waals surface area contributed by atoms with Crippen molar-refractivity contribution >= 4 is 35.1 Å². The number of carboxylic acid groups (broad SMARTS) is 2. The first-order valence-corrected chi connectivity index (χ1v) is 18.2. The van der Waals surface area contributed by atoms with Crippen LogP contribution < -0.4 is 20.4 Å². The van der Waals surface area contributed by atoms with Crippen LogP contribution in [0, 0.1) is 13.8 Å². The van der Waals surface area contributed by atoms with Crippen LogP contribution in [0.5, 0.6) is 0 Å². The Morgan fingerprint density at radius 2 is 1.04 bits per heavy atom. The van der Waals surface area contributed by atoms with Gasteiger partial charge in [-0.05, 0) is 95.5 Å². The van der Waals surface area contributed by atoms with Crippen LogP contribution in [-0.4, -0.2) is 82.6 Å². The van der Waals surface area contributed by atoms with Gasteiger partial charge in [0.15, 0.2) is 0 Å². The minimum absolute atomic E-state index is 0.101. The van der Waals surface area contributed by atoms with Gasteiger partial charge in [-0.2, -0.15) is 0 Å². The van der Waals surface area contributed by atoms with E-state index in [0.29, 0.717) is 50.1 Å². The molecule has 2 atom stereocenters. The first-order chi connectivity index (χ1) is 25.9. The number of fused-ring (bicyclic) bond motifs is 2. The molecule has 2 aliphatic rings. The number of hydrogen-bond acceptors (Lipinski definition) is 8. The van der Waals surface area contributed by atoms with Crippen molar-refractivity contribution in [3.05, 3.63) is 117 Å². The van der Waals surface area contributed by atoms with Crippen LogP contribution in [0.3, 0.4) is 0 Å². The molecule has 0 saturated heterocycles. The van der Waals surface area contributed by atoms with Crippen LogP contribution in [0.2, 0.25) is 0 Å². The number of aryl methyl sites for hydroxylation is 2. The molecule has 2 amide bonds. The second-order valence-corrected chi connectivity index (χ2v) is 14.1. The molecule has 2 heterocycles. The number of rotatable bonds is 15. The highest BCUT2D eigenvalue weighted by atomic mass is 16.4. The predicted molar refractivity (Wildman–Crippen MR) is 205 cm³/mol. The molecule has 0 unspecified atom stereocenters. The van der Waals surface area contributed by atoms with E-state index >= 15 is 0 Å². The van der Waals surface area contributed by atoms with Crippen LogP contribution in [0.4, 0.5) is 11.4 Å². The monoisotopic (exact) mass is 734 g/mol. The number of carbonyl (C=O) groups is 4. The van der Waals surface area contributed by atoms with Crippen molar-refractivity contribution in [1.29, 1.82) is 0 Å². The largest absolute Gasteiger partial charge is 0.481 e. The average molecular weight is 735 g/mol. The number of aliphatic hydroxyl groups is 2. The molecule has 12 heteroatoms. The van der Waals surface area contributed by atoms with Crippen molar-refractivity contribution in [3.8, 4) is 11.1 Å². The second-order valence-electron chi connectivity index (χ2n) is 14.1. The third-order valence-electron chi connectivity index (χ3n) is 10.1. The Hall–Kier alpha value is -5.40. The second kappa shape index (κ2) is 16.7. The molecule has 282 valence electrons. The normalized spacial score (nSPS) is 14.4. The van der Waals surface area contributed by atoms with E-state index in [-0.39, 0.29) is 37.7 Å². The van der Waals surface area contributed by atoms with Crippen LogP contribution in [0.15, 0.2) is 72.8 Å². The summed E-state index contributed by atoms with van der Waals surface area (Å²) in [5, 5.41) is 43.7. The lowest BCUT2D eigenvalue weighted by atomic mass is 9.93.